The Balaban J connectivity index is 2.37. The smallest absolute Gasteiger partial charge is 0.123 e. The molecular weight excluding hydrogens is 325 g/mol. The van der Waals surface area contributed by atoms with Crippen molar-refractivity contribution < 1.29 is 4.74 Å². The quantitative estimate of drug-likeness (QED) is 0.579. The minimum atomic E-state index is -0.226. The third kappa shape index (κ3) is 3.79. The number of hydrogen-bond donors (Lipinski definition) is 1. The molecule has 0 radical (unpaired) electrons. The van der Waals surface area contributed by atoms with Crippen molar-refractivity contribution in [2.45, 2.75) is 23.5 Å². The first-order valence-corrected chi connectivity index (χ1v) is 7.99. The molecule has 0 heterocycles. The average Bonchev–Trinajstić information content (AvgIpc) is 2.42. The van der Waals surface area contributed by atoms with Crippen LogP contribution in [0.4, 0.5) is 5.69 Å². The molecule has 0 saturated heterocycles. The number of nitrogens with two attached hydrogens (primary N) is 1. The summed E-state index contributed by atoms with van der Waals surface area (Å²) in [6, 6.07) is 11.3. The molecule has 5 heteroatoms. The van der Waals surface area contributed by atoms with E-state index in [-0.39, 0.29) is 4.75 Å². The second-order valence-corrected chi connectivity index (χ2v) is 7.68. The van der Waals surface area contributed by atoms with Gasteiger partial charge in [0.05, 0.1) is 17.8 Å². The van der Waals surface area contributed by atoms with Crippen LogP contribution in [0, 0.1) is 0 Å². The lowest BCUT2D eigenvalue weighted by molar-refractivity contribution is 0.405. The third-order valence-electron chi connectivity index (χ3n) is 3.15. The van der Waals surface area contributed by atoms with Gasteiger partial charge in [-0.05, 0) is 50.2 Å². The molecule has 21 heavy (non-hydrogen) atoms. The zero-order valence-corrected chi connectivity index (χ0v) is 14.4. The molecule has 0 aliphatic rings. The number of thioether (sulfide) groups is 1. The predicted molar refractivity (Wildman–Crippen MR) is 92.8 cm³/mol. The molecule has 2 N–H and O–H groups in total. The Bertz CT molecular complexity index is 659. The SMILES string of the molecule is COc1ccc(Cl)cc1C(C)(C)Sc1ccc(Cl)c(N)c1. The highest BCUT2D eigenvalue weighted by Gasteiger charge is 2.26. The summed E-state index contributed by atoms with van der Waals surface area (Å²) < 4.78 is 5.22. The van der Waals surface area contributed by atoms with Gasteiger partial charge in [-0.3, -0.25) is 0 Å². The fourth-order valence-electron chi connectivity index (χ4n) is 2.09. The molecule has 2 rings (SSSR count). The maximum absolute atomic E-state index is 6.13. The Hall–Kier alpha value is -1.03. The van der Waals surface area contributed by atoms with E-state index in [1.54, 1.807) is 18.9 Å². The summed E-state index contributed by atoms with van der Waals surface area (Å²) in [6.07, 6.45) is 0. The summed E-state index contributed by atoms with van der Waals surface area (Å²) in [6.45, 7) is 4.24. The molecule has 0 aliphatic carbocycles. The van der Waals surface area contributed by atoms with Crippen molar-refractivity contribution in [2.24, 2.45) is 0 Å². The summed E-state index contributed by atoms with van der Waals surface area (Å²) >= 11 is 13.8. The van der Waals surface area contributed by atoms with Gasteiger partial charge < -0.3 is 10.5 Å². The average molecular weight is 342 g/mol. The largest absolute Gasteiger partial charge is 0.496 e. The topological polar surface area (TPSA) is 35.2 Å². The van der Waals surface area contributed by atoms with E-state index in [2.05, 4.69) is 13.8 Å². The Kier molecular flexibility index (Phi) is 4.97. The lowest BCUT2D eigenvalue weighted by atomic mass is 10.0. The van der Waals surface area contributed by atoms with Crippen LogP contribution in [0.15, 0.2) is 41.3 Å². The van der Waals surface area contributed by atoms with Crippen molar-refractivity contribution in [1.82, 2.24) is 0 Å². The van der Waals surface area contributed by atoms with E-state index in [4.69, 9.17) is 33.7 Å². The van der Waals surface area contributed by atoms with E-state index in [1.807, 2.05) is 36.4 Å². The maximum atomic E-state index is 6.13. The number of methoxy groups -OCH3 is 1. The van der Waals surface area contributed by atoms with Gasteiger partial charge in [0.2, 0.25) is 0 Å². The van der Waals surface area contributed by atoms with Gasteiger partial charge in [0.1, 0.15) is 5.75 Å². The minimum absolute atomic E-state index is 0.226. The predicted octanol–water partition coefficient (Wildman–Crippen LogP) is 5.61. The van der Waals surface area contributed by atoms with Gasteiger partial charge in [0.25, 0.3) is 0 Å². The Morgan fingerprint density at radius 2 is 1.81 bits per heavy atom. The highest BCUT2D eigenvalue weighted by atomic mass is 35.5. The van der Waals surface area contributed by atoms with Crippen molar-refractivity contribution in [3.63, 3.8) is 0 Å². The van der Waals surface area contributed by atoms with Crippen molar-refractivity contribution in [3.8, 4) is 5.75 Å². The molecule has 0 fully saturated rings. The van der Waals surface area contributed by atoms with Crippen molar-refractivity contribution in [3.05, 3.63) is 52.0 Å². The van der Waals surface area contributed by atoms with Crippen LogP contribution < -0.4 is 10.5 Å². The lowest BCUT2D eigenvalue weighted by Crippen LogP contribution is -2.13. The van der Waals surface area contributed by atoms with E-state index in [0.29, 0.717) is 15.7 Å². The summed E-state index contributed by atoms with van der Waals surface area (Å²) in [5.74, 6) is 0.818. The number of anilines is 1. The van der Waals surface area contributed by atoms with Crippen molar-refractivity contribution in [2.75, 3.05) is 12.8 Å². The van der Waals surface area contributed by atoms with Gasteiger partial charge in [0, 0.05) is 20.2 Å². The molecule has 0 saturated carbocycles. The van der Waals surface area contributed by atoms with Crippen molar-refractivity contribution in [1.29, 1.82) is 0 Å². The molecule has 112 valence electrons. The standard InChI is InChI=1S/C16H17Cl2NOS/c1-16(2,12-8-10(17)4-7-15(12)20-3)21-11-5-6-13(18)14(19)9-11/h4-9H,19H2,1-3H3. The number of halogens is 2. The van der Waals surface area contributed by atoms with Crippen LogP contribution in [-0.2, 0) is 4.75 Å². The second kappa shape index (κ2) is 6.39. The first kappa shape index (κ1) is 16.3. The van der Waals surface area contributed by atoms with E-state index in [9.17, 15) is 0 Å². The second-order valence-electron chi connectivity index (χ2n) is 5.14. The van der Waals surface area contributed by atoms with Crippen LogP contribution in [0.5, 0.6) is 5.75 Å². The van der Waals surface area contributed by atoms with Crippen LogP contribution in [0.1, 0.15) is 19.4 Å². The molecular formula is C16H17Cl2NOS. The molecule has 0 amide bonds. The van der Waals surface area contributed by atoms with Crippen LogP contribution in [0.3, 0.4) is 0 Å². The van der Waals surface area contributed by atoms with E-state index in [1.165, 1.54) is 0 Å². The summed E-state index contributed by atoms with van der Waals surface area (Å²) in [5.41, 5.74) is 7.48. The van der Waals surface area contributed by atoms with E-state index >= 15 is 0 Å². The first-order chi connectivity index (χ1) is 9.83. The lowest BCUT2D eigenvalue weighted by Gasteiger charge is -2.27. The Labute approximate surface area is 139 Å². The molecule has 0 atom stereocenters. The number of benzene rings is 2. The Morgan fingerprint density at radius 3 is 2.43 bits per heavy atom. The molecule has 0 spiro atoms. The fourth-order valence-corrected chi connectivity index (χ4v) is 3.56. The molecule has 0 aliphatic heterocycles. The zero-order valence-electron chi connectivity index (χ0n) is 12.1. The Morgan fingerprint density at radius 1 is 1.10 bits per heavy atom. The fraction of sp³-hybridized carbons (Fsp3) is 0.250. The van der Waals surface area contributed by atoms with E-state index < -0.39 is 0 Å². The maximum Gasteiger partial charge on any atom is 0.123 e. The van der Waals surface area contributed by atoms with E-state index in [0.717, 1.165) is 16.2 Å². The third-order valence-corrected chi connectivity index (χ3v) is 4.95. The summed E-state index contributed by atoms with van der Waals surface area (Å²) in [4.78, 5) is 1.05. The van der Waals surface area contributed by atoms with Gasteiger partial charge in [-0.1, -0.05) is 23.2 Å². The number of rotatable bonds is 4. The number of ether oxygens (including phenoxy) is 1. The van der Waals surface area contributed by atoms with Gasteiger partial charge in [-0.2, -0.15) is 0 Å². The molecule has 0 bridgehead atoms. The molecule has 2 aromatic carbocycles. The van der Waals surface area contributed by atoms with Crippen LogP contribution in [-0.4, -0.2) is 7.11 Å². The monoisotopic (exact) mass is 341 g/mol. The van der Waals surface area contributed by atoms with Gasteiger partial charge in [-0.25, -0.2) is 0 Å². The highest BCUT2D eigenvalue weighted by molar-refractivity contribution is 8.00. The minimum Gasteiger partial charge on any atom is -0.496 e. The molecule has 2 aromatic rings. The number of hydrogen-bond acceptors (Lipinski definition) is 3. The van der Waals surface area contributed by atoms with Crippen LogP contribution in [0.2, 0.25) is 10.0 Å². The van der Waals surface area contributed by atoms with Gasteiger partial charge >= 0.3 is 0 Å². The highest BCUT2D eigenvalue weighted by Crippen LogP contribution is 2.45. The summed E-state index contributed by atoms with van der Waals surface area (Å²) in [5, 5.41) is 1.26. The van der Waals surface area contributed by atoms with Crippen LogP contribution >= 0.6 is 35.0 Å². The zero-order chi connectivity index (χ0) is 15.6. The molecule has 2 nitrogen and oxygen atoms in total. The number of nitrogen functional groups attached to an aromatic ring is 1. The van der Waals surface area contributed by atoms with Crippen molar-refractivity contribution >= 4 is 40.7 Å². The van der Waals surface area contributed by atoms with Gasteiger partial charge in [0.15, 0.2) is 0 Å². The molecule has 0 aromatic heterocycles. The first-order valence-electron chi connectivity index (χ1n) is 6.41. The summed E-state index contributed by atoms with van der Waals surface area (Å²) in [7, 11) is 1.66. The van der Waals surface area contributed by atoms with Crippen LogP contribution in [0.25, 0.3) is 0 Å². The normalized spacial score (nSPS) is 11.5. The van der Waals surface area contributed by atoms with Gasteiger partial charge in [-0.15, -0.1) is 11.8 Å². The molecule has 0 unspecified atom stereocenters.